The molecule has 0 saturated carbocycles. The van der Waals surface area contributed by atoms with E-state index in [9.17, 15) is 22.8 Å². The molecule has 6 heteroatoms. The molecule has 3 nitrogen and oxygen atoms in total. The molecule has 23 heavy (non-hydrogen) atoms. The molecular formula is C17H16F3NO2. The van der Waals surface area contributed by atoms with Gasteiger partial charge in [-0.1, -0.05) is 17.2 Å². The van der Waals surface area contributed by atoms with Crippen LogP contribution in [0.15, 0.2) is 35.4 Å². The van der Waals surface area contributed by atoms with Gasteiger partial charge in [0.1, 0.15) is 0 Å². The zero-order chi connectivity index (χ0) is 16.9. The van der Waals surface area contributed by atoms with Crippen LogP contribution in [0.25, 0.3) is 0 Å². The average molecular weight is 323 g/mol. The van der Waals surface area contributed by atoms with Crippen LogP contribution in [0.3, 0.4) is 0 Å². The Morgan fingerprint density at radius 1 is 1.00 bits per heavy atom. The van der Waals surface area contributed by atoms with Gasteiger partial charge in [-0.15, -0.1) is 0 Å². The molecule has 0 bridgehead atoms. The predicted octanol–water partition coefficient (Wildman–Crippen LogP) is 3.94. The maximum Gasteiger partial charge on any atom is 0.416 e. The first-order valence-electron chi connectivity index (χ1n) is 7.40. The van der Waals surface area contributed by atoms with Crippen LogP contribution >= 0.6 is 0 Å². The number of anilines is 1. The van der Waals surface area contributed by atoms with E-state index in [2.05, 4.69) is 0 Å². The summed E-state index contributed by atoms with van der Waals surface area (Å²) in [5.74, 6) is -1.71. The molecule has 1 aromatic rings. The number of alkyl halides is 3. The Kier molecular flexibility index (Phi) is 3.58. The quantitative estimate of drug-likeness (QED) is 0.580. The second-order valence-corrected chi connectivity index (χ2v) is 6.24. The van der Waals surface area contributed by atoms with Crippen molar-refractivity contribution < 1.29 is 22.8 Å². The minimum absolute atomic E-state index is 0.000434. The molecule has 0 N–H and O–H groups in total. The maximum absolute atomic E-state index is 12.9. The number of carbonyl (C=O) groups excluding carboxylic acids is 2. The van der Waals surface area contributed by atoms with E-state index in [-0.39, 0.29) is 5.69 Å². The number of allylic oxidation sites excluding steroid dienone is 2. The Balaban J connectivity index is 1.97. The molecule has 1 heterocycles. The molecule has 0 radical (unpaired) electrons. The van der Waals surface area contributed by atoms with Crippen LogP contribution in [0.5, 0.6) is 0 Å². The Morgan fingerprint density at radius 2 is 1.52 bits per heavy atom. The molecule has 3 rings (SSSR count). The third-order valence-electron chi connectivity index (χ3n) is 4.77. The van der Waals surface area contributed by atoms with E-state index in [4.69, 9.17) is 0 Å². The largest absolute Gasteiger partial charge is 0.416 e. The fourth-order valence-corrected chi connectivity index (χ4v) is 3.33. The zero-order valence-electron chi connectivity index (χ0n) is 12.8. The molecule has 1 aliphatic heterocycles. The highest BCUT2D eigenvalue weighted by Crippen LogP contribution is 2.43. The highest BCUT2D eigenvalue weighted by molar-refractivity contribution is 6.22. The zero-order valence-corrected chi connectivity index (χ0v) is 12.8. The molecule has 2 aliphatic rings. The number of benzene rings is 1. The summed E-state index contributed by atoms with van der Waals surface area (Å²) in [4.78, 5) is 26.1. The van der Waals surface area contributed by atoms with Crippen molar-refractivity contribution in [2.24, 2.45) is 11.8 Å². The van der Waals surface area contributed by atoms with Crippen molar-refractivity contribution in [3.05, 3.63) is 41.0 Å². The number of hydrogen-bond acceptors (Lipinski definition) is 2. The van der Waals surface area contributed by atoms with Gasteiger partial charge in [0.2, 0.25) is 11.8 Å². The fourth-order valence-electron chi connectivity index (χ4n) is 3.33. The minimum atomic E-state index is -4.51. The summed E-state index contributed by atoms with van der Waals surface area (Å²) in [5.41, 5.74) is 1.30. The van der Waals surface area contributed by atoms with Crippen LogP contribution in [0.2, 0.25) is 0 Å². The summed E-state index contributed by atoms with van der Waals surface area (Å²) in [6.07, 6.45) is -3.52. The van der Waals surface area contributed by atoms with Crippen molar-refractivity contribution in [1.29, 1.82) is 0 Å². The van der Waals surface area contributed by atoms with Gasteiger partial charge in [-0.05, 0) is 44.9 Å². The van der Waals surface area contributed by atoms with Crippen molar-refractivity contribution in [1.82, 2.24) is 0 Å². The van der Waals surface area contributed by atoms with Crippen molar-refractivity contribution in [3.8, 4) is 0 Å². The summed E-state index contributed by atoms with van der Waals surface area (Å²) in [5, 5.41) is 0. The average Bonchev–Trinajstić information content (AvgIpc) is 2.71. The lowest BCUT2D eigenvalue weighted by atomic mass is 9.78. The van der Waals surface area contributed by atoms with Gasteiger partial charge in [-0.2, -0.15) is 13.2 Å². The van der Waals surface area contributed by atoms with Crippen LogP contribution in [0.1, 0.15) is 32.3 Å². The molecule has 1 saturated heterocycles. The van der Waals surface area contributed by atoms with Gasteiger partial charge in [0.15, 0.2) is 0 Å². The van der Waals surface area contributed by atoms with Crippen LogP contribution in [0, 0.1) is 11.8 Å². The smallest absolute Gasteiger partial charge is 0.274 e. The number of imide groups is 1. The number of nitrogens with zero attached hydrogens (tertiary/aromatic N) is 1. The lowest BCUT2D eigenvalue weighted by molar-refractivity contribution is -0.137. The second-order valence-electron chi connectivity index (χ2n) is 6.24. The number of halogens is 3. The Morgan fingerprint density at radius 3 is 2.00 bits per heavy atom. The topological polar surface area (TPSA) is 37.4 Å². The molecule has 1 fully saturated rings. The molecule has 0 spiro atoms. The highest BCUT2D eigenvalue weighted by Gasteiger charge is 2.49. The van der Waals surface area contributed by atoms with Gasteiger partial charge in [0, 0.05) is 0 Å². The Bertz CT molecular complexity index is 689. The highest BCUT2D eigenvalue weighted by atomic mass is 19.4. The molecule has 1 aliphatic carbocycles. The van der Waals surface area contributed by atoms with Crippen LogP contribution in [-0.4, -0.2) is 11.8 Å². The number of fused-ring (bicyclic) bond motifs is 1. The second kappa shape index (κ2) is 5.22. The maximum atomic E-state index is 12.9. The van der Waals surface area contributed by atoms with Crippen molar-refractivity contribution in [2.45, 2.75) is 32.9 Å². The molecule has 2 amide bonds. The number of hydrogen-bond donors (Lipinski definition) is 0. The molecule has 2 atom stereocenters. The normalized spacial score (nSPS) is 25.2. The summed E-state index contributed by atoms with van der Waals surface area (Å²) in [7, 11) is 0. The molecule has 0 unspecified atom stereocenters. The van der Waals surface area contributed by atoms with E-state index < -0.39 is 35.4 Å². The first-order valence-corrected chi connectivity index (χ1v) is 7.40. The monoisotopic (exact) mass is 323 g/mol. The van der Waals surface area contributed by atoms with Crippen LogP contribution in [0.4, 0.5) is 18.9 Å². The van der Waals surface area contributed by atoms with E-state index in [1.807, 2.05) is 13.8 Å². The SMILES string of the molecule is CC1=C(C)C[C@@H]2C(=O)N(c3cccc(C(F)(F)F)c3)C(=O)[C@H]2C1. The van der Waals surface area contributed by atoms with E-state index in [0.29, 0.717) is 12.8 Å². The van der Waals surface area contributed by atoms with Gasteiger partial charge in [0.25, 0.3) is 0 Å². The predicted molar refractivity (Wildman–Crippen MR) is 78.5 cm³/mol. The summed E-state index contributed by atoms with van der Waals surface area (Å²) in [6.45, 7) is 3.85. The van der Waals surface area contributed by atoms with Crippen LogP contribution < -0.4 is 4.90 Å². The fraction of sp³-hybridized carbons (Fsp3) is 0.412. The third kappa shape index (κ3) is 2.56. The molecule has 1 aromatic carbocycles. The molecule has 122 valence electrons. The summed E-state index contributed by atoms with van der Waals surface area (Å²) in [6, 6.07) is 4.38. The molecular weight excluding hydrogens is 307 g/mol. The lowest BCUT2D eigenvalue weighted by Gasteiger charge is -2.23. The Labute approximate surface area is 131 Å². The van der Waals surface area contributed by atoms with E-state index in [0.717, 1.165) is 28.2 Å². The number of rotatable bonds is 1. The van der Waals surface area contributed by atoms with Gasteiger partial charge < -0.3 is 0 Å². The van der Waals surface area contributed by atoms with Gasteiger partial charge in [0.05, 0.1) is 23.1 Å². The summed E-state index contributed by atoms with van der Waals surface area (Å²) >= 11 is 0. The van der Waals surface area contributed by atoms with E-state index >= 15 is 0 Å². The van der Waals surface area contributed by atoms with Gasteiger partial charge >= 0.3 is 6.18 Å². The third-order valence-corrected chi connectivity index (χ3v) is 4.77. The van der Waals surface area contributed by atoms with E-state index in [1.54, 1.807) is 0 Å². The van der Waals surface area contributed by atoms with Gasteiger partial charge in [-0.3, -0.25) is 14.5 Å². The standard InChI is InChI=1S/C17H16F3NO2/c1-9-6-13-14(7-10(9)2)16(23)21(15(13)22)12-5-3-4-11(8-12)17(18,19)20/h3-5,8,13-14H,6-7H2,1-2H3/t13-,14-/m0/s1. The first kappa shape index (κ1) is 15.8. The van der Waals surface area contributed by atoms with Gasteiger partial charge in [-0.25, -0.2) is 0 Å². The van der Waals surface area contributed by atoms with Crippen molar-refractivity contribution >= 4 is 17.5 Å². The summed E-state index contributed by atoms with van der Waals surface area (Å²) < 4.78 is 38.6. The minimum Gasteiger partial charge on any atom is -0.274 e. The van der Waals surface area contributed by atoms with Crippen molar-refractivity contribution in [2.75, 3.05) is 4.90 Å². The number of carbonyl (C=O) groups is 2. The van der Waals surface area contributed by atoms with Crippen molar-refractivity contribution in [3.63, 3.8) is 0 Å². The Hall–Kier alpha value is -2.11. The van der Waals surface area contributed by atoms with E-state index in [1.165, 1.54) is 12.1 Å². The van der Waals surface area contributed by atoms with Crippen LogP contribution in [-0.2, 0) is 15.8 Å². The number of amides is 2. The molecule has 0 aromatic heterocycles. The first-order chi connectivity index (χ1) is 10.7. The lowest BCUT2D eigenvalue weighted by Crippen LogP contribution is -2.31.